The molecule has 1 saturated heterocycles. The summed E-state index contributed by atoms with van der Waals surface area (Å²) in [5.74, 6) is 1.18. The van der Waals surface area contributed by atoms with Crippen molar-refractivity contribution in [1.29, 1.82) is 0 Å². The summed E-state index contributed by atoms with van der Waals surface area (Å²) in [7, 11) is 0. The van der Waals surface area contributed by atoms with E-state index in [4.69, 9.17) is 20.2 Å². The van der Waals surface area contributed by atoms with Crippen molar-refractivity contribution < 1.29 is 9.47 Å². The number of aromatic amines is 2. The molecule has 3 aromatic heterocycles. The number of hydrogen-bond acceptors (Lipinski definition) is 8. The van der Waals surface area contributed by atoms with Crippen molar-refractivity contribution in [2.24, 2.45) is 0 Å². The zero-order valence-electron chi connectivity index (χ0n) is 22.8. The Hall–Kier alpha value is -5.06. The molecular formula is C32H29N7O3. The van der Waals surface area contributed by atoms with Crippen molar-refractivity contribution in [2.45, 2.75) is 0 Å². The molecule has 1 aliphatic heterocycles. The van der Waals surface area contributed by atoms with Crippen molar-refractivity contribution in [2.75, 3.05) is 45.2 Å². The number of benzene rings is 3. The Balaban J connectivity index is 1.37. The molecule has 0 unspecified atom stereocenters. The summed E-state index contributed by atoms with van der Waals surface area (Å²) in [4.78, 5) is 28.0. The zero-order valence-corrected chi connectivity index (χ0v) is 22.8. The SMILES string of the molecule is Nc1c(-c2cccc3[nH]ncc23)cc(-c2cccc(OCCN3CCOCC3)c2)c2nc(-c3ccncc3)[nH]c(=O)c12. The van der Waals surface area contributed by atoms with E-state index in [1.165, 1.54) is 0 Å². The first kappa shape index (κ1) is 25.9. The number of rotatable bonds is 7. The van der Waals surface area contributed by atoms with Gasteiger partial charge >= 0.3 is 0 Å². The minimum absolute atomic E-state index is 0.315. The van der Waals surface area contributed by atoms with Gasteiger partial charge in [-0.25, -0.2) is 4.98 Å². The highest BCUT2D eigenvalue weighted by Gasteiger charge is 2.20. The van der Waals surface area contributed by atoms with Crippen LogP contribution in [0.4, 0.5) is 5.69 Å². The maximum atomic E-state index is 13.7. The molecule has 0 radical (unpaired) electrons. The third-order valence-electron chi connectivity index (χ3n) is 7.68. The molecule has 210 valence electrons. The molecule has 4 heterocycles. The second-order valence-electron chi connectivity index (χ2n) is 10.2. The predicted molar refractivity (Wildman–Crippen MR) is 163 cm³/mol. The largest absolute Gasteiger partial charge is 0.492 e. The quantitative estimate of drug-likeness (QED) is 0.244. The highest BCUT2D eigenvalue weighted by Crippen LogP contribution is 2.40. The smallest absolute Gasteiger partial charge is 0.261 e. The second-order valence-corrected chi connectivity index (χ2v) is 10.2. The zero-order chi connectivity index (χ0) is 28.5. The number of morpholine rings is 1. The Labute approximate surface area is 241 Å². The Morgan fingerprint density at radius 2 is 1.79 bits per heavy atom. The highest BCUT2D eigenvalue weighted by molar-refractivity contribution is 6.09. The first-order valence-electron chi connectivity index (χ1n) is 13.9. The van der Waals surface area contributed by atoms with Gasteiger partial charge in [-0.3, -0.25) is 19.8 Å². The Morgan fingerprint density at radius 3 is 2.64 bits per heavy atom. The maximum absolute atomic E-state index is 13.7. The summed E-state index contributed by atoms with van der Waals surface area (Å²) in [6.45, 7) is 4.71. The van der Waals surface area contributed by atoms with Gasteiger partial charge in [0.15, 0.2) is 0 Å². The number of nitrogens with zero attached hydrogens (tertiary/aromatic N) is 4. The third kappa shape index (κ3) is 4.87. The summed E-state index contributed by atoms with van der Waals surface area (Å²) in [6, 6.07) is 19.4. The molecule has 42 heavy (non-hydrogen) atoms. The summed E-state index contributed by atoms with van der Waals surface area (Å²) < 4.78 is 11.6. The van der Waals surface area contributed by atoms with Gasteiger partial charge in [0.05, 0.1) is 41.5 Å². The van der Waals surface area contributed by atoms with Crippen LogP contribution in [0.2, 0.25) is 0 Å². The van der Waals surface area contributed by atoms with Crippen molar-refractivity contribution in [3.8, 4) is 39.4 Å². The Morgan fingerprint density at radius 1 is 0.952 bits per heavy atom. The molecule has 0 bridgehead atoms. The van der Waals surface area contributed by atoms with Gasteiger partial charge in [0, 0.05) is 54.1 Å². The van der Waals surface area contributed by atoms with Crippen molar-refractivity contribution in [1.82, 2.24) is 30.0 Å². The molecule has 3 aromatic carbocycles. The fourth-order valence-electron chi connectivity index (χ4n) is 5.51. The first-order valence-corrected chi connectivity index (χ1v) is 13.9. The van der Waals surface area contributed by atoms with Crippen molar-refractivity contribution in [3.05, 3.63) is 89.6 Å². The van der Waals surface area contributed by atoms with E-state index in [0.717, 1.165) is 77.3 Å². The number of nitrogens with one attached hydrogen (secondary N) is 2. The minimum Gasteiger partial charge on any atom is -0.492 e. The number of H-pyrrole nitrogens is 2. The van der Waals surface area contributed by atoms with E-state index in [1.54, 1.807) is 18.6 Å². The van der Waals surface area contributed by atoms with Crippen LogP contribution in [0.3, 0.4) is 0 Å². The van der Waals surface area contributed by atoms with E-state index < -0.39 is 0 Å². The lowest BCUT2D eigenvalue weighted by Gasteiger charge is -2.26. The standard InChI is InChI=1S/C32H29N7O3/c33-29-25(23-5-2-6-27-26(23)19-35-38-27)18-24(30-28(29)32(40)37-31(36-30)20-7-9-34-10-8-20)21-3-1-4-22(17-21)42-16-13-39-11-14-41-15-12-39/h1-10,17-19H,11-16,33H2,(H,35,38)(H,36,37,40). The minimum atomic E-state index is -0.315. The van der Waals surface area contributed by atoms with Gasteiger partial charge in [0.1, 0.15) is 18.2 Å². The van der Waals surface area contributed by atoms with Gasteiger partial charge in [-0.15, -0.1) is 0 Å². The van der Waals surface area contributed by atoms with E-state index >= 15 is 0 Å². The molecule has 0 saturated carbocycles. The van der Waals surface area contributed by atoms with Gasteiger partial charge < -0.3 is 20.2 Å². The molecule has 7 rings (SSSR count). The van der Waals surface area contributed by atoms with E-state index in [0.29, 0.717) is 29.0 Å². The van der Waals surface area contributed by atoms with Gasteiger partial charge in [0.25, 0.3) is 5.56 Å². The predicted octanol–water partition coefficient (Wildman–Crippen LogP) is 4.49. The Kier molecular flexibility index (Phi) is 6.82. The van der Waals surface area contributed by atoms with Crippen LogP contribution in [0, 0.1) is 0 Å². The van der Waals surface area contributed by atoms with Gasteiger partial charge in [0.2, 0.25) is 0 Å². The average molecular weight is 560 g/mol. The van der Waals surface area contributed by atoms with Crippen LogP contribution in [0.15, 0.2) is 84.0 Å². The fraction of sp³-hybridized carbons (Fsp3) is 0.188. The van der Waals surface area contributed by atoms with E-state index in [2.05, 4.69) is 25.1 Å². The second kappa shape index (κ2) is 11.1. The summed E-state index contributed by atoms with van der Waals surface area (Å²) >= 11 is 0. The average Bonchev–Trinajstić information content (AvgIpc) is 3.52. The van der Waals surface area contributed by atoms with E-state index in [-0.39, 0.29) is 5.56 Å². The number of pyridine rings is 1. The molecule has 6 aromatic rings. The number of anilines is 1. The van der Waals surface area contributed by atoms with E-state index in [1.807, 2.05) is 60.7 Å². The summed E-state index contributed by atoms with van der Waals surface area (Å²) in [5, 5.41) is 8.48. The van der Waals surface area contributed by atoms with Crippen LogP contribution in [0.25, 0.3) is 55.4 Å². The molecule has 0 spiro atoms. The lowest BCUT2D eigenvalue weighted by Crippen LogP contribution is -2.38. The summed E-state index contributed by atoms with van der Waals surface area (Å²) in [6.07, 6.45) is 5.11. The third-order valence-corrected chi connectivity index (χ3v) is 7.68. The molecule has 0 aliphatic carbocycles. The molecule has 0 atom stereocenters. The number of nitrogens with two attached hydrogens (primary N) is 1. The van der Waals surface area contributed by atoms with Crippen LogP contribution in [0.1, 0.15) is 0 Å². The van der Waals surface area contributed by atoms with Gasteiger partial charge in [-0.1, -0.05) is 24.3 Å². The molecule has 1 aliphatic rings. The van der Waals surface area contributed by atoms with Crippen LogP contribution in [0.5, 0.6) is 5.75 Å². The Bertz CT molecular complexity index is 1950. The number of ether oxygens (including phenoxy) is 2. The van der Waals surface area contributed by atoms with Crippen molar-refractivity contribution in [3.63, 3.8) is 0 Å². The van der Waals surface area contributed by atoms with Crippen LogP contribution in [-0.2, 0) is 4.74 Å². The van der Waals surface area contributed by atoms with Crippen molar-refractivity contribution >= 4 is 27.5 Å². The molecule has 4 N–H and O–H groups in total. The fourth-order valence-corrected chi connectivity index (χ4v) is 5.51. The molecule has 1 fully saturated rings. The lowest BCUT2D eigenvalue weighted by atomic mass is 9.92. The molecule has 0 amide bonds. The molecule has 10 heteroatoms. The lowest BCUT2D eigenvalue weighted by molar-refractivity contribution is 0.0322. The van der Waals surface area contributed by atoms with Crippen LogP contribution < -0.4 is 16.0 Å². The van der Waals surface area contributed by atoms with Gasteiger partial charge in [-0.2, -0.15) is 5.10 Å². The monoisotopic (exact) mass is 559 g/mol. The van der Waals surface area contributed by atoms with Crippen LogP contribution >= 0.6 is 0 Å². The van der Waals surface area contributed by atoms with Gasteiger partial charge in [-0.05, 0) is 47.5 Å². The summed E-state index contributed by atoms with van der Waals surface area (Å²) in [5.41, 5.74) is 12.2. The topological polar surface area (TPSA) is 135 Å². The maximum Gasteiger partial charge on any atom is 0.261 e. The normalized spacial score (nSPS) is 14.0. The van der Waals surface area contributed by atoms with Crippen LogP contribution in [-0.4, -0.2) is 69.5 Å². The number of fused-ring (bicyclic) bond motifs is 2. The van der Waals surface area contributed by atoms with E-state index in [9.17, 15) is 4.79 Å². The molecule has 10 nitrogen and oxygen atoms in total. The highest BCUT2D eigenvalue weighted by atomic mass is 16.5. The number of aromatic nitrogens is 5. The number of nitrogen functional groups attached to an aromatic ring is 1. The number of hydrogen-bond donors (Lipinski definition) is 3. The first-order chi connectivity index (χ1) is 20.7. The molecular weight excluding hydrogens is 530 g/mol.